The Morgan fingerprint density at radius 1 is 1.09 bits per heavy atom. The third-order valence-electron chi connectivity index (χ3n) is 3.06. The SMILES string of the molecule is Cc1cc(C(=O)Nc2ccc(NC(=O)NC(C)C)cc2)n(C)n1. The quantitative estimate of drug-likeness (QED) is 0.810. The van der Waals surface area contributed by atoms with Crippen molar-refractivity contribution in [2.24, 2.45) is 7.05 Å². The van der Waals surface area contributed by atoms with Crippen LogP contribution >= 0.6 is 0 Å². The minimum Gasteiger partial charge on any atom is -0.336 e. The Morgan fingerprint density at radius 2 is 1.65 bits per heavy atom. The van der Waals surface area contributed by atoms with E-state index in [1.807, 2.05) is 20.8 Å². The van der Waals surface area contributed by atoms with Gasteiger partial charge in [0.25, 0.3) is 5.91 Å². The molecule has 7 heteroatoms. The Labute approximate surface area is 135 Å². The van der Waals surface area contributed by atoms with Gasteiger partial charge in [-0.25, -0.2) is 4.79 Å². The summed E-state index contributed by atoms with van der Waals surface area (Å²) in [6.07, 6.45) is 0. The summed E-state index contributed by atoms with van der Waals surface area (Å²) in [5.41, 5.74) is 2.57. The van der Waals surface area contributed by atoms with E-state index in [0.29, 0.717) is 17.1 Å². The molecule has 0 atom stereocenters. The molecule has 0 saturated carbocycles. The molecule has 0 aliphatic rings. The Morgan fingerprint density at radius 3 is 2.13 bits per heavy atom. The van der Waals surface area contributed by atoms with E-state index in [1.54, 1.807) is 37.4 Å². The number of amides is 3. The second-order valence-electron chi connectivity index (χ2n) is 5.58. The Balaban J connectivity index is 1.98. The van der Waals surface area contributed by atoms with Crippen LogP contribution in [-0.2, 0) is 7.05 Å². The number of nitrogens with zero attached hydrogens (tertiary/aromatic N) is 2. The molecule has 2 aromatic rings. The van der Waals surface area contributed by atoms with Gasteiger partial charge in [-0.15, -0.1) is 0 Å². The summed E-state index contributed by atoms with van der Waals surface area (Å²) >= 11 is 0. The fourth-order valence-electron chi connectivity index (χ4n) is 2.08. The molecule has 23 heavy (non-hydrogen) atoms. The monoisotopic (exact) mass is 315 g/mol. The van der Waals surface area contributed by atoms with E-state index >= 15 is 0 Å². The molecule has 1 aromatic heterocycles. The van der Waals surface area contributed by atoms with Crippen LogP contribution in [0, 0.1) is 6.92 Å². The van der Waals surface area contributed by atoms with Crippen molar-refractivity contribution in [1.29, 1.82) is 0 Å². The molecule has 0 unspecified atom stereocenters. The fraction of sp³-hybridized carbons (Fsp3) is 0.312. The van der Waals surface area contributed by atoms with Gasteiger partial charge in [-0.2, -0.15) is 5.10 Å². The molecular weight excluding hydrogens is 294 g/mol. The van der Waals surface area contributed by atoms with E-state index < -0.39 is 0 Å². The topological polar surface area (TPSA) is 88.0 Å². The summed E-state index contributed by atoms with van der Waals surface area (Å²) in [4.78, 5) is 23.8. The van der Waals surface area contributed by atoms with Crippen LogP contribution in [0.3, 0.4) is 0 Å². The average Bonchev–Trinajstić information content (AvgIpc) is 2.79. The first-order valence-corrected chi connectivity index (χ1v) is 7.34. The van der Waals surface area contributed by atoms with Gasteiger partial charge < -0.3 is 16.0 Å². The van der Waals surface area contributed by atoms with Crippen LogP contribution in [0.15, 0.2) is 30.3 Å². The van der Waals surface area contributed by atoms with Crippen LogP contribution in [0.1, 0.15) is 30.0 Å². The fourth-order valence-corrected chi connectivity index (χ4v) is 2.08. The summed E-state index contributed by atoms with van der Waals surface area (Å²) in [6, 6.07) is 8.44. The van der Waals surface area contributed by atoms with Crippen molar-refractivity contribution < 1.29 is 9.59 Å². The normalized spacial score (nSPS) is 10.5. The molecule has 0 radical (unpaired) electrons. The summed E-state index contributed by atoms with van der Waals surface area (Å²) in [7, 11) is 1.72. The highest BCUT2D eigenvalue weighted by Crippen LogP contribution is 2.15. The number of aryl methyl sites for hydroxylation is 2. The Kier molecular flexibility index (Phi) is 5.00. The predicted octanol–water partition coefficient (Wildman–Crippen LogP) is 2.51. The first-order chi connectivity index (χ1) is 10.8. The molecule has 7 nitrogen and oxygen atoms in total. The standard InChI is InChI=1S/C16H21N5O2/c1-10(2)17-16(23)19-13-7-5-12(6-8-13)18-15(22)14-9-11(3)20-21(14)4/h5-10H,1-4H3,(H,18,22)(H2,17,19,23). The lowest BCUT2D eigenvalue weighted by Gasteiger charge is -2.11. The lowest BCUT2D eigenvalue weighted by Crippen LogP contribution is -2.34. The molecule has 0 spiro atoms. The van der Waals surface area contributed by atoms with E-state index in [0.717, 1.165) is 5.69 Å². The van der Waals surface area contributed by atoms with Crippen molar-refractivity contribution >= 4 is 23.3 Å². The zero-order valence-electron chi connectivity index (χ0n) is 13.7. The molecule has 3 N–H and O–H groups in total. The van der Waals surface area contributed by atoms with Crippen molar-refractivity contribution in [1.82, 2.24) is 15.1 Å². The molecule has 3 amide bonds. The minimum absolute atomic E-state index is 0.0657. The molecule has 0 aliphatic heterocycles. The van der Waals surface area contributed by atoms with E-state index in [2.05, 4.69) is 21.0 Å². The summed E-state index contributed by atoms with van der Waals surface area (Å²) in [5, 5.41) is 12.4. The zero-order valence-corrected chi connectivity index (χ0v) is 13.7. The number of anilines is 2. The average molecular weight is 315 g/mol. The molecule has 0 aliphatic carbocycles. The van der Waals surface area contributed by atoms with Crippen LogP contribution in [-0.4, -0.2) is 27.8 Å². The van der Waals surface area contributed by atoms with Gasteiger partial charge >= 0.3 is 6.03 Å². The maximum atomic E-state index is 12.2. The van der Waals surface area contributed by atoms with Gasteiger partial charge in [0.15, 0.2) is 0 Å². The third-order valence-corrected chi connectivity index (χ3v) is 3.06. The minimum atomic E-state index is -0.262. The Bertz CT molecular complexity index is 704. The van der Waals surface area contributed by atoms with Crippen molar-refractivity contribution in [3.63, 3.8) is 0 Å². The molecule has 0 saturated heterocycles. The number of urea groups is 1. The molecule has 0 bridgehead atoms. The van der Waals surface area contributed by atoms with Gasteiger partial charge in [-0.3, -0.25) is 9.48 Å². The summed E-state index contributed by atoms with van der Waals surface area (Å²) < 4.78 is 1.54. The van der Waals surface area contributed by atoms with Gasteiger partial charge in [0, 0.05) is 24.5 Å². The number of nitrogens with one attached hydrogen (secondary N) is 3. The van der Waals surface area contributed by atoms with Crippen LogP contribution < -0.4 is 16.0 Å². The van der Waals surface area contributed by atoms with Crippen LogP contribution in [0.2, 0.25) is 0 Å². The molecule has 2 rings (SSSR count). The molecule has 0 fully saturated rings. The largest absolute Gasteiger partial charge is 0.336 e. The highest BCUT2D eigenvalue weighted by molar-refractivity contribution is 6.03. The number of benzene rings is 1. The van der Waals surface area contributed by atoms with Crippen molar-refractivity contribution in [3.8, 4) is 0 Å². The second kappa shape index (κ2) is 6.95. The number of hydrogen-bond acceptors (Lipinski definition) is 3. The van der Waals surface area contributed by atoms with E-state index in [-0.39, 0.29) is 18.0 Å². The van der Waals surface area contributed by atoms with E-state index in [4.69, 9.17) is 0 Å². The lowest BCUT2D eigenvalue weighted by atomic mass is 10.2. The first kappa shape index (κ1) is 16.5. The number of rotatable bonds is 4. The van der Waals surface area contributed by atoms with Crippen LogP contribution in [0.5, 0.6) is 0 Å². The molecule has 1 aromatic carbocycles. The zero-order chi connectivity index (χ0) is 17.0. The van der Waals surface area contributed by atoms with Crippen molar-refractivity contribution in [3.05, 3.63) is 41.7 Å². The Hall–Kier alpha value is -2.83. The first-order valence-electron chi connectivity index (χ1n) is 7.34. The highest BCUT2D eigenvalue weighted by atomic mass is 16.2. The maximum absolute atomic E-state index is 12.2. The maximum Gasteiger partial charge on any atom is 0.319 e. The van der Waals surface area contributed by atoms with Gasteiger partial charge in [0.05, 0.1) is 5.69 Å². The number of carbonyl (C=O) groups is 2. The molecular formula is C16H21N5O2. The lowest BCUT2D eigenvalue weighted by molar-refractivity contribution is 0.101. The molecule has 122 valence electrons. The van der Waals surface area contributed by atoms with Gasteiger partial charge in [-0.1, -0.05) is 0 Å². The van der Waals surface area contributed by atoms with Crippen LogP contribution in [0.25, 0.3) is 0 Å². The van der Waals surface area contributed by atoms with Crippen molar-refractivity contribution in [2.75, 3.05) is 10.6 Å². The van der Waals surface area contributed by atoms with Gasteiger partial charge in [-0.05, 0) is 51.1 Å². The third kappa shape index (κ3) is 4.57. The van der Waals surface area contributed by atoms with Crippen molar-refractivity contribution in [2.45, 2.75) is 26.8 Å². The van der Waals surface area contributed by atoms with Gasteiger partial charge in [0.1, 0.15) is 5.69 Å². The van der Waals surface area contributed by atoms with E-state index in [1.165, 1.54) is 4.68 Å². The highest BCUT2D eigenvalue weighted by Gasteiger charge is 2.12. The number of aromatic nitrogens is 2. The van der Waals surface area contributed by atoms with E-state index in [9.17, 15) is 9.59 Å². The number of hydrogen-bond donors (Lipinski definition) is 3. The van der Waals surface area contributed by atoms with Crippen LogP contribution in [0.4, 0.5) is 16.2 Å². The summed E-state index contributed by atoms with van der Waals surface area (Å²) in [6.45, 7) is 5.61. The second-order valence-corrected chi connectivity index (χ2v) is 5.58. The summed E-state index contributed by atoms with van der Waals surface area (Å²) in [5.74, 6) is -0.230. The number of carbonyl (C=O) groups excluding carboxylic acids is 2. The predicted molar refractivity (Wildman–Crippen MR) is 89.6 cm³/mol. The smallest absolute Gasteiger partial charge is 0.319 e. The molecule has 1 heterocycles. The van der Waals surface area contributed by atoms with Gasteiger partial charge in [0.2, 0.25) is 0 Å².